The number of aryl methyl sites for hydroxylation is 1. The predicted molar refractivity (Wildman–Crippen MR) is 104 cm³/mol. The topological polar surface area (TPSA) is 0 Å². The number of rotatable bonds is 3. The van der Waals surface area contributed by atoms with E-state index in [0.717, 1.165) is 0 Å². The smallest absolute Gasteiger partial charge is 0.0256 e. The Hall–Kier alpha value is -2.08. The lowest BCUT2D eigenvalue weighted by molar-refractivity contribution is 1.46. The van der Waals surface area contributed by atoms with Gasteiger partial charge in [-0.1, -0.05) is 106 Å². The quantitative estimate of drug-likeness (QED) is 0.523. The van der Waals surface area contributed by atoms with E-state index in [0.29, 0.717) is 0 Å². The van der Waals surface area contributed by atoms with E-state index in [4.69, 9.17) is 0 Å². The summed E-state index contributed by atoms with van der Waals surface area (Å²) in [4.78, 5) is 0. The Morgan fingerprint density at radius 3 is 1.23 bits per heavy atom. The molecular formula is C22H30. The van der Waals surface area contributed by atoms with Gasteiger partial charge in [-0.2, -0.15) is 0 Å². The third-order valence-electron chi connectivity index (χ3n) is 2.84. The van der Waals surface area contributed by atoms with Crippen LogP contribution in [0.3, 0.4) is 0 Å². The van der Waals surface area contributed by atoms with Crippen LogP contribution in [0.1, 0.15) is 56.9 Å². The van der Waals surface area contributed by atoms with Crippen molar-refractivity contribution in [2.45, 2.75) is 41.5 Å². The van der Waals surface area contributed by atoms with E-state index in [-0.39, 0.29) is 0 Å². The van der Waals surface area contributed by atoms with Gasteiger partial charge in [-0.15, -0.1) is 0 Å². The van der Waals surface area contributed by atoms with Gasteiger partial charge in [-0.25, -0.2) is 0 Å². The summed E-state index contributed by atoms with van der Waals surface area (Å²) in [5.41, 5.74) is 5.00. The van der Waals surface area contributed by atoms with E-state index >= 15 is 0 Å². The number of hydrogen-bond acceptors (Lipinski definition) is 0. The molecule has 0 N–H and O–H groups in total. The highest BCUT2D eigenvalue weighted by atomic mass is 13.9. The minimum Gasteiger partial charge on any atom is -0.0871 e. The molecule has 0 radical (unpaired) electrons. The van der Waals surface area contributed by atoms with Crippen LogP contribution in [-0.2, 0) is 0 Å². The van der Waals surface area contributed by atoms with Crippen molar-refractivity contribution in [3.8, 4) is 0 Å². The molecule has 0 aliphatic rings. The van der Waals surface area contributed by atoms with Crippen molar-refractivity contribution in [2.75, 3.05) is 0 Å². The van der Waals surface area contributed by atoms with E-state index in [1.807, 2.05) is 34.6 Å². The Bertz CT molecular complexity index is 540. The average molecular weight is 294 g/mol. The normalized spacial score (nSPS) is 9.91. The van der Waals surface area contributed by atoms with Gasteiger partial charge in [0.1, 0.15) is 0 Å². The number of hydrogen-bond donors (Lipinski definition) is 0. The SMILES string of the molecule is C/C=C/c1ccc(/C=C/c2ccc(C)cc2)cc1.CC.CC. The molecule has 0 atom stereocenters. The maximum absolute atomic E-state index is 2.14. The molecule has 0 nitrogen and oxygen atoms in total. The lowest BCUT2D eigenvalue weighted by Gasteiger charge is -1.97. The van der Waals surface area contributed by atoms with Crippen molar-refractivity contribution in [3.05, 3.63) is 76.9 Å². The minimum absolute atomic E-state index is 1.23. The van der Waals surface area contributed by atoms with Crippen LogP contribution >= 0.6 is 0 Å². The zero-order valence-corrected chi connectivity index (χ0v) is 14.9. The number of allylic oxidation sites excluding steroid dienone is 1. The number of benzene rings is 2. The highest BCUT2D eigenvalue weighted by molar-refractivity contribution is 5.70. The first-order valence-corrected chi connectivity index (χ1v) is 8.25. The summed E-state index contributed by atoms with van der Waals surface area (Å²) in [6, 6.07) is 17.1. The van der Waals surface area contributed by atoms with Crippen LogP contribution in [-0.4, -0.2) is 0 Å². The van der Waals surface area contributed by atoms with Gasteiger partial charge in [-0.3, -0.25) is 0 Å². The van der Waals surface area contributed by atoms with Crippen LogP contribution in [0.15, 0.2) is 54.6 Å². The summed E-state index contributed by atoms with van der Waals surface area (Å²) in [5.74, 6) is 0. The summed E-state index contributed by atoms with van der Waals surface area (Å²) >= 11 is 0. The summed E-state index contributed by atoms with van der Waals surface area (Å²) in [6.07, 6.45) is 8.44. The third kappa shape index (κ3) is 7.64. The maximum Gasteiger partial charge on any atom is -0.0256 e. The largest absolute Gasteiger partial charge is 0.0871 e. The van der Waals surface area contributed by atoms with Crippen molar-refractivity contribution in [3.63, 3.8) is 0 Å². The summed E-state index contributed by atoms with van der Waals surface area (Å²) in [7, 11) is 0. The fourth-order valence-corrected chi connectivity index (χ4v) is 1.78. The zero-order valence-electron chi connectivity index (χ0n) is 14.9. The molecule has 0 heterocycles. The molecule has 0 heteroatoms. The Labute approximate surface area is 137 Å². The van der Waals surface area contributed by atoms with Crippen molar-refractivity contribution in [2.24, 2.45) is 0 Å². The van der Waals surface area contributed by atoms with E-state index in [1.165, 1.54) is 22.3 Å². The lowest BCUT2D eigenvalue weighted by Crippen LogP contribution is -1.76. The molecule has 22 heavy (non-hydrogen) atoms. The van der Waals surface area contributed by atoms with Gasteiger partial charge in [0.15, 0.2) is 0 Å². The molecule has 2 aromatic carbocycles. The molecule has 0 bridgehead atoms. The van der Waals surface area contributed by atoms with Crippen molar-refractivity contribution in [1.29, 1.82) is 0 Å². The van der Waals surface area contributed by atoms with Gasteiger partial charge in [0, 0.05) is 0 Å². The molecule has 0 unspecified atom stereocenters. The molecule has 0 aliphatic heterocycles. The third-order valence-corrected chi connectivity index (χ3v) is 2.84. The molecule has 0 fully saturated rings. The Morgan fingerprint density at radius 2 is 0.864 bits per heavy atom. The van der Waals surface area contributed by atoms with Crippen molar-refractivity contribution >= 4 is 18.2 Å². The maximum atomic E-state index is 2.14. The fraction of sp³-hybridized carbons (Fsp3) is 0.273. The summed E-state index contributed by atoms with van der Waals surface area (Å²) < 4.78 is 0. The fourth-order valence-electron chi connectivity index (χ4n) is 1.78. The zero-order chi connectivity index (χ0) is 16.8. The first-order chi connectivity index (χ1) is 10.8. The van der Waals surface area contributed by atoms with Gasteiger partial charge in [-0.05, 0) is 30.5 Å². The van der Waals surface area contributed by atoms with Crippen LogP contribution in [0.25, 0.3) is 18.2 Å². The Balaban J connectivity index is 0.00000102. The molecule has 0 amide bonds. The molecular weight excluding hydrogens is 264 g/mol. The second-order valence-electron chi connectivity index (χ2n) is 4.41. The van der Waals surface area contributed by atoms with Crippen LogP contribution in [0.2, 0.25) is 0 Å². The predicted octanol–water partition coefficient (Wildman–Crippen LogP) is 7.25. The first-order valence-electron chi connectivity index (χ1n) is 8.25. The highest BCUT2D eigenvalue weighted by Gasteiger charge is 1.89. The van der Waals surface area contributed by atoms with Gasteiger partial charge < -0.3 is 0 Å². The van der Waals surface area contributed by atoms with Crippen LogP contribution in [0, 0.1) is 6.92 Å². The van der Waals surface area contributed by atoms with E-state index < -0.39 is 0 Å². The van der Waals surface area contributed by atoms with Crippen molar-refractivity contribution < 1.29 is 0 Å². The molecule has 0 saturated carbocycles. The van der Waals surface area contributed by atoms with E-state index in [2.05, 4.69) is 79.8 Å². The van der Waals surface area contributed by atoms with Gasteiger partial charge >= 0.3 is 0 Å². The average Bonchev–Trinajstić information content (AvgIpc) is 2.60. The highest BCUT2D eigenvalue weighted by Crippen LogP contribution is 2.11. The monoisotopic (exact) mass is 294 g/mol. The second-order valence-corrected chi connectivity index (χ2v) is 4.41. The molecule has 2 aromatic rings. The molecule has 0 spiro atoms. The molecule has 118 valence electrons. The second kappa shape index (κ2) is 12.6. The standard InChI is InChI=1S/C18H18.2C2H6/c1-3-4-16-9-11-18(12-10-16)14-13-17-7-5-15(2)6-8-17;2*1-2/h3-14H,1-2H3;2*1-2H3/b4-3+,14-13+;;. The van der Waals surface area contributed by atoms with E-state index in [9.17, 15) is 0 Å². The van der Waals surface area contributed by atoms with Gasteiger partial charge in [0.05, 0.1) is 0 Å². The first kappa shape index (κ1) is 19.9. The van der Waals surface area contributed by atoms with Crippen LogP contribution in [0.4, 0.5) is 0 Å². The van der Waals surface area contributed by atoms with Gasteiger partial charge in [0.2, 0.25) is 0 Å². The van der Waals surface area contributed by atoms with Gasteiger partial charge in [0.25, 0.3) is 0 Å². The lowest BCUT2D eigenvalue weighted by atomic mass is 10.1. The molecule has 2 rings (SSSR count). The molecule has 0 saturated heterocycles. The van der Waals surface area contributed by atoms with Crippen LogP contribution in [0.5, 0.6) is 0 Å². The minimum atomic E-state index is 1.23. The van der Waals surface area contributed by atoms with E-state index in [1.54, 1.807) is 0 Å². The Morgan fingerprint density at radius 1 is 0.545 bits per heavy atom. The molecule has 0 aliphatic carbocycles. The summed E-state index contributed by atoms with van der Waals surface area (Å²) in [6.45, 7) is 12.1. The Kier molecular flexibility index (Phi) is 11.4. The molecule has 0 aromatic heterocycles. The van der Waals surface area contributed by atoms with Crippen LogP contribution < -0.4 is 0 Å². The van der Waals surface area contributed by atoms with Crippen molar-refractivity contribution in [1.82, 2.24) is 0 Å². The summed E-state index contributed by atoms with van der Waals surface area (Å²) in [5, 5.41) is 0.